The average molecular weight is 340 g/mol. The van der Waals surface area contributed by atoms with Crippen LogP contribution in [-0.2, 0) is 10.2 Å². The zero-order chi connectivity index (χ0) is 17.5. The van der Waals surface area contributed by atoms with Crippen molar-refractivity contribution in [2.24, 2.45) is 0 Å². The van der Waals surface area contributed by atoms with Crippen molar-refractivity contribution in [3.63, 3.8) is 0 Å². The maximum atomic E-state index is 5.93. The van der Waals surface area contributed by atoms with E-state index in [2.05, 4.69) is 68.4 Å². The molecule has 1 N–H and O–H groups in total. The Bertz CT molecular complexity index is 631. The third kappa shape index (κ3) is 4.83. The molecule has 0 bridgehead atoms. The Hall–Kier alpha value is -1.84. The molecule has 1 fully saturated rings. The molecule has 1 aliphatic rings. The lowest BCUT2D eigenvalue weighted by Crippen LogP contribution is -3.14. The van der Waals surface area contributed by atoms with E-state index >= 15 is 0 Å². The first-order chi connectivity index (χ1) is 12.2. The summed E-state index contributed by atoms with van der Waals surface area (Å²) in [6.45, 7) is 10.5. The van der Waals surface area contributed by atoms with Crippen molar-refractivity contribution in [2.45, 2.75) is 25.7 Å². The molecule has 0 radical (unpaired) electrons. The van der Waals surface area contributed by atoms with Crippen molar-refractivity contribution in [3.8, 4) is 5.75 Å². The van der Waals surface area contributed by atoms with Crippen LogP contribution < -0.4 is 9.64 Å². The molecule has 1 heterocycles. The Morgan fingerprint density at radius 2 is 1.56 bits per heavy atom. The highest BCUT2D eigenvalue weighted by Crippen LogP contribution is 2.32. The molecule has 3 nitrogen and oxygen atoms in total. The predicted molar refractivity (Wildman–Crippen MR) is 102 cm³/mol. The van der Waals surface area contributed by atoms with Gasteiger partial charge in [-0.25, -0.2) is 0 Å². The third-order valence-electron chi connectivity index (χ3n) is 5.21. The molecule has 134 valence electrons. The Morgan fingerprint density at radius 3 is 2.24 bits per heavy atom. The fraction of sp³-hybridized carbons (Fsp3) is 0.455. The minimum absolute atomic E-state index is 0.000513. The summed E-state index contributed by atoms with van der Waals surface area (Å²) in [5.74, 6) is 0.963. The van der Waals surface area contributed by atoms with E-state index in [-0.39, 0.29) is 5.41 Å². The molecule has 0 unspecified atom stereocenters. The molecule has 0 saturated carbocycles. The van der Waals surface area contributed by atoms with E-state index in [9.17, 15) is 0 Å². The van der Waals surface area contributed by atoms with Crippen molar-refractivity contribution in [1.82, 2.24) is 0 Å². The summed E-state index contributed by atoms with van der Waals surface area (Å²) in [5, 5.41) is 0. The van der Waals surface area contributed by atoms with E-state index in [0.717, 1.165) is 45.1 Å². The number of quaternary nitrogens is 1. The van der Waals surface area contributed by atoms with Crippen LogP contribution in [0, 0.1) is 0 Å². The molecule has 0 spiro atoms. The predicted octanol–water partition coefficient (Wildman–Crippen LogP) is 2.70. The van der Waals surface area contributed by atoms with E-state index in [1.165, 1.54) is 17.7 Å². The van der Waals surface area contributed by atoms with Gasteiger partial charge in [-0.15, -0.1) is 0 Å². The molecule has 2 aromatic carbocycles. The molecular weight excluding hydrogens is 310 g/mol. The van der Waals surface area contributed by atoms with Crippen molar-refractivity contribution in [3.05, 3.63) is 65.7 Å². The molecule has 0 aliphatic carbocycles. The van der Waals surface area contributed by atoms with Crippen LogP contribution in [0.15, 0.2) is 54.6 Å². The Labute approximate surface area is 151 Å². The highest BCUT2D eigenvalue weighted by atomic mass is 16.5. The molecule has 0 aromatic heterocycles. The largest absolute Gasteiger partial charge is 0.493 e. The number of ether oxygens (including phenoxy) is 2. The highest BCUT2D eigenvalue weighted by molar-refractivity contribution is 5.39. The summed E-state index contributed by atoms with van der Waals surface area (Å²) in [4.78, 5) is 1.63. The third-order valence-corrected chi connectivity index (χ3v) is 5.21. The van der Waals surface area contributed by atoms with Crippen LogP contribution >= 0.6 is 0 Å². The Balaban J connectivity index is 1.50. The monoisotopic (exact) mass is 340 g/mol. The van der Waals surface area contributed by atoms with Gasteiger partial charge in [0.1, 0.15) is 18.8 Å². The molecule has 1 aliphatic heterocycles. The number of rotatable bonds is 7. The first-order valence-corrected chi connectivity index (χ1v) is 9.36. The van der Waals surface area contributed by atoms with Gasteiger partial charge in [0.2, 0.25) is 0 Å². The second-order valence-electron chi connectivity index (χ2n) is 7.33. The minimum Gasteiger partial charge on any atom is -0.493 e. The van der Waals surface area contributed by atoms with Crippen molar-refractivity contribution in [1.29, 1.82) is 0 Å². The first kappa shape index (κ1) is 18.0. The Kier molecular flexibility index (Phi) is 6.11. The molecule has 3 rings (SSSR count). The van der Waals surface area contributed by atoms with Crippen LogP contribution in [0.2, 0.25) is 0 Å². The summed E-state index contributed by atoms with van der Waals surface area (Å²) < 4.78 is 11.3. The van der Waals surface area contributed by atoms with Gasteiger partial charge in [-0.2, -0.15) is 0 Å². The van der Waals surface area contributed by atoms with Gasteiger partial charge in [-0.3, -0.25) is 0 Å². The zero-order valence-corrected chi connectivity index (χ0v) is 15.5. The maximum Gasteiger partial charge on any atom is 0.119 e. The normalized spacial score (nSPS) is 15.9. The van der Waals surface area contributed by atoms with E-state index < -0.39 is 0 Å². The van der Waals surface area contributed by atoms with Crippen molar-refractivity contribution >= 4 is 0 Å². The number of hydrogen-bond acceptors (Lipinski definition) is 2. The summed E-state index contributed by atoms with van der Waals surface area (Å²) in [6.07, 6.45) is 1.09. The van der Waals surface area contributed by atoms with Gasteiger partial charge < -0.3 is 14.4 Å². The van der Waals surface area contributed by atoms with Gasteiger partial charge in [0.05, 0.1) is 26.4 Å². The lowest BCUT2D eigenvalue weighted by atomic mass is 9.78. The molecule has 2 aromatic rings. The SMILES string of the molecule is CC(C)(c1ccccc1)c1ccc(OCCC[NH+]2CCOCC2)cc1. The smallest absolute Gasteiger partial charge is 0.119 e. The van der Waals surface area contributed by atoms with E-state index in [0.29, 0.717) is 0 Å². The molecule has 0 atom stereocenters. The van der Waals surface area contributed by atoms with Crippen LogP contribution in [0.3, 0.4) is 0 Å². The summed E-state index contributed by atoms with van der Waals surface area (Å²) >= 11 is 0. The zero-order valence-electron chi connectivity index (χ0n) is 15.5. The molecule has 3 heteroatoms. The van der Waals surface area contributed by atoms with E-state index in [1.54, 1.807) is 4.90 Å². The van der Waals surface area contributed by atoms with Crippen LogP contribution in [-0.4, -0.2) is 39.5 Å². The van der Waals surface area contributed by atoms with Gasteiger partial charge in [0.15, 0.2) is 0 Å². The van der Waals surface area contributed by atoms with Gasteiger partial charge in [-0.05, 0) is 23.3 Å². The van der Waals surface area contributed by atoms with Crippen LogP contribution in [0.5, 0.6) is 5.75 Å². The topological polar surface area (TPSA) is 22.9 Å². The quantitative estimate of drug-likeness (QED) is 0.783. The number of nitrogens with one attached hydrogen (secondary N) is 1. The average Bonchev–Trinajstić information content (AvgIpc) is 2.67. The molecule has 0 amide bonds. The molecule has 25 heavy (non-hydrogen) atoms. The van der Waals surface area contributed by atoms with Crippen LogP contribution in [0.4, 0.5) is 0 Å². The van der Waals surface area contributed by atoms with E-state index in [4.69, 9.17) is 9.47 Å². The second-order valence-corrected chi connectivity index (χ2v) is 7.33. The van der Waals surface area contributed by atoms with Gasteiger partial charge in [0.25, 0.3) is 0 Å². The Morgan fingerprint density at radius 1 is 0.920 bits per heavy atom. The van der Waals surface area contributed by atoms with Crippen LogP contribution in [0.25, 0.3) is 0 Å². The van der Waals surface area contributed by atoms with Crippen molar-refractivity contribution < 1.29 is 14.4 Å². The maximum absolute atomic E-state index is 5.93. The number of benzene rings is 2. The van der Waals surface area contributed by atoms with Gasteiger partial charge in [0, 0.05) is 11.8 Å². The molecular formula is C22H30NO2+. The highest BCUT2D eigenvalue weighted by Gasteiger charge is 2.22. The number of hydrogen-bond donors (Lipinski definition) is 1. The molecule has 1 saturated heterocycles. The minimum atomic E-state index is -0.000513. The van der Waals surface area contributed by atoms with Gasteiger partial charge in [-0.1, -0.05) is 56.3 Å². The fourth-order valence-electron chi connectivity index (χ4n) is 3.41. The first-order valence-electron chi connectivity index (χ1n) is 9.36. The second kappa shape index (κ2) is 8.50. The number of morpholine rings is 1. The lowest BCUT2D eigenvalue weighted by molar-refractivity contribution is -0.908. The van der Waals surface area contributed by atoms with Crippen LogP contribution in [0.1, 0.15) is 31.4 Å². The fourth-order valence-corrected chi connectivity index (χ4v) is 3.41. The lowest BCUT2D eigenvalue weighted by Gasteiger charge is -2.26. The summed E-state index contributed by atoms with van der Waals surface area (Å²) in [6, 6.07) is 19.2. The van der Waals surface area contributed by atoms with Crippen molar-refractivity contribution in [2.75, 3.05) is 39.5 Å². The summed E-state index contributed by atoms with van der Waals surface area (Å²) in [5.41, 5.74) is 2.64. The van der Waals surface area contributed by atoms with E-state index in [1.807, 2.05) is 0 Å². The van der Waals surface area contributed by atoms with Gasteiger partial charge >= 0.3 is 0 Å². The standard InChI is InChI=1S/C22H29NO2/c1-22(2,19-7-4-3-5-8-19)20-9-11-21(12-10-20)25-16-6-13-23-14-17-24-18-15-23/h3-5,7-12H,6,13-18H2,1-2H3/p+1. The summed E-state index contributed by atoms with van der Waals surface area (Å²) in [7, 11) is 0.